The third kappa shape index (κ3) is 2.86. The third-order valence-electron chi connectivity index (χ3n) is 2.29. The smallest absolute Gasteiger partial charge is 0.338 e. The normalized spacial score (nSPS) is 10.1. The van der Waals surface area contributed by atoms with Crippen molar-refractivity contribution in [1.29, 1.82) is 0 Å². The van der Waals surface area contributed by atoms with E-state index in [1.165, 1.54) is 18.2 Å². The Hall–Kier alpha value is -3.03. The molecule has 2 rings (SSSR count). The third-order valence-corrected chi connectivity index (χ3v) is 2.29. The topological polar surface area (TPSA) is 115 Å². The molecule has 1 heterocycles. The average Bonchev–Trinajstić information content (AvgIpc) is 2.39. The summed E-state index contributed by atoms with van der Waals surface area (Å²) in [6.45, 7) is 0. The fourth-order valence-corrected chi connectivity index (χ4v) is 1.36. The first kappa shape index (κ1) is 13.4. The largest absolute Gasteiger partial charge is 0.478 e. The number of carboxylic acid groups (broad SMARTS) is 1. The van der Waals surface area contributed by atoms with Crippen LogP contribution in [-0.4, -0.2) is 27.2 Å². The second kappa shape index (κ2) is 5.31. The second-order valence-corrected chi connectivity index (χ2v) is 3.67. The van der Waals surface area contributed by atoms with Crippen LogP contribution < -0.4 is 10.5 Å². The molecule has 20 heavy (non-hydrogen) atoms. The summed E-state index contributed by atoms with van der Waals surface area (Å²) in [4.78, 5) is 21.4. The maximum absolute atomic E-state index is 13.4. The average molecular weight is 277 g/mol. The van der Waals surface area contributed by atoms with Crippen LogP contribution in [0, 0.1) is 5.82 Å². The molecule has 1 aromatic heterocycles. The molecule has 8 heteroatoms. The van der Waals surface area contributed by atoms with Crippen molar-refractivity contribution in [2.45, 2.75) is 0 Å². The van der Waals surface area contributed by atoms with Crippen LogP contribution in [0.15, 0.2) is 30.3 Å². The molecule has 0 aliphatic heterocycles. The van der Waals surface area contributed by atoms with Crippen molar-refractivity contribution in [1.82, 2.24) is 10.2 Å². The van der Waals surface area contributed by atoms with Crippen molar-refractivity contribution in [3.63, 3.8) is 0 Å². The first-order valence-corrected chi connectivity index (χ1v) is 5.31. The van der Waals surface area contributed by atoms with Gasteiger partial charge in [-0.3, -0.25) is 4.79 Å². The van der Waals surface area contributed by atoms with Crippen LogP contribution in [-0.2, 0) is 0 Å². The summed E-state index contributed by atoms with van der Waals surface area (Å²) < 4.78 is 18.6. The van der Waals surface area contributed by atoms with Crippen molar-refractivity contribution in [3.05, 3.63) is 47.4 Å². The Balaban J connectivity index is 2.19. The van der Waals surface area contributed by atoms with E-state index < -0.39 is 23.3 Å². The fraction of sp³-hybridized carbons (Fsp3) is 0. The van der Waals surface area contributed by atoms with E-state index in [0.717, 1.165) is 12.1 Å². The van der Waals surface area contributed by atoms with E-state index >= 15 is 0 Å². The van der Waals surface area contributed by atoms with Crippen LogP contribution >= 0.6 is 0 Å². The first-order valence-electron chi connectivity index (χ1n) is 5.31. The van der Waals surface area contributed by atoms with Gasteiger partial charge in [0.1, 0.15) is 11.6 Å². The quantitative estimate of drug-likeness (QED) is 0.867. The van der Waals surface area contributed by atoms with Crippen molar-refractivity contribution in [2.75, 3.05) is 0 Å². The SMILES string of the molecule is NC(=O)c1ccc(Oc2ccc(C(=O)O)c(F)c2)nn1. The van der Waals surface area contributed by atoms with Crippen LogP contribution in [0.25, 0.3) is 0 Å². The monoisotopic (exact) mass is 277 g/mol. The number of carbonyl (C=O) groups is 2. The van der Waals surface area contributed by atoms with Gasteiger partial charge in [-0.05, 0) is 18.2 Å². The van der Waals surface area contributed by atoms with Crippen molar-refractivity contribution in [3.8, 4) is 11.6 Å². The first-order chi connectivity index (χ1) is 9.47. The van der Waals surface area contributed by atoms with Crippen LogP contribution in [0.3, 0.4) is 0 Å². The zero-order valence-corrected chi connectivity index (χ0v) is 9.91. The molecule has 3 N–H and O–H groups in total. The van der Waals surface area contributed by atoms with E-state index in [4.69, 9.17) is 15.6 Å². The summed E-state index contributed by atoms with van der Waals surface area (Å²) in [6.07, 6.45) is 0. The van der Waals surface area contributed by atoms with Crippen LogP contribution in [0.4, 0.5) is 4.39 Å². The fourth-order valence-electron chi connectivity index (χ4n) is 1.36. The minimum Gasteiger partial charge on any atom is -0.478 e. The molecule has 0 bridgehead atoms. The van der Waals surface area contributed by atoms with Gasteiger partial charge in [0, 0.05) is 12.1 Å². The van der Waals surface area contributed by atoms with E-state index in [-0.39, 0.29) is 17.3 Å². The zero-order chi connectivity index (χ0) is 14.7. The predicted molar refractivity (Wildman–Crippen MR) is 64.0 cm³/mol. The molecule has 0 atom stereocenters. The molecular weight excluding hydrogens is 269 g/mol. The number of carboxylic acids is 1. The van der Waals surface area contributed by atoms with Gasteiger partial charge in [0.25, 0.3) is 5.91 Å². The summed E-state index contributed by atoms with van der Waals surface area (Å²) >= 11 is 0. The summed E-state index contributed by atoms with van der Waals surface area (Å²) in [5.74, 6) is -2.98. The van der Waals surface area contributed by atoms with Gasteiger partial charge in [0.15, 0.2) is 5.69 Å². The highest BCUT2D eigenvalue weighted by Gasteiger charge is 2.12. The number of benzene rings is 1. The summed E-state index contributed by atoms with van der Waals surface area (Å²) in [5.41, 5.74) is 4.49. The van der Waals surface area contributed by atoms with Gasteiger partial charge in [-0.2, -0.15) is 0 Å². The molecule has 0 saturated heterocycles. The van der Waals surface area contributed by atoms with Gasteiger partial charge in [-0.25, -0.2) is 9.18 Å². The molecule has 7 nitrogen and oxygen atoms in total. The number of amides is 1. The van der Waals surface area contributed by atoms with Gasteiger partial charge in [-0.1, -0.05) is 0 Å². The lowest BCUT2D eigenvalue weighted by Crippen LogP contribution is -2.13. The molecule has 1 aromatic carbocycles. The minimum absolute atomic E-state index is 0.0116. The highest BCUT2D eigenvalue weighted by atomic mass is 19.1. The van der Waals surface area contributed by atoms with E-state index in [1.807, 2.05) is 0 Å². The van der Waals surface area contributed by atoms with Crippen molar-refractivity contribution >= 4 is 11.9 Å². The van der Waals surface area contributed by atoms with E-state index in [9.17, 15) is 14.0 Å². The van der Waals surface area contributed by atoms with Gasteiger partial charge >= 0.3 is 5.97 Å². The Bertz CT molecular complexity index is 673. The highest BCUT2D eigenvalue weighted by molar-refractivity contribution is 5.90. The Morgan fingerprint density at radius 2 is 1.95 bits per heavy atom. The number of aromatic carboxylic acids is 1. The molecule has 0 aliphatic rings. The number of carbonyl (C=O) groups excluding carboxylic acids is 1. The predicted octanol–water partition coefficient (Wildman–Crippen LogP) is 1.21. The summed E-state index contributed by atoms with van der Waals surface area (Å²) in [5, 5.41) is 15.8. The van der Waals surface area contributed by atoms with Crippen molar-refractivity contribution in [2.24, 2.45) is 5.73 Å². The van der Waals surface area contributed by atoms with Crippen LogP contribution in [0.5, 0.6) is 11.6 Å². The molecule has 0 fully saturated rings. The standard InChI is InChI=1S/C12H8FN3O4/c13-8-5-6(1-2-7(8)12(18)19)20-10-4-3-9(11(14)17)15-16-10/h1-5H,(H2,14,17)(H,18,19). The second-order valence-electron chi connectivity index (χ2n) is 3.67. The van der Waals surface area contributed by atoms with Crippen LogP contribution in [0.1, 0.15) is 20.8 Å². The van der Waals surface area contributed by atoms with Crippen LogP contribution in [0.2, 0.25) is 0 Å². The lowest BCUT2D eigenvalue weighted by Gasteiger charge is -2.05. The van der Waals surface area contributed by atoms with E-state index in [2.05, 4.69) is 10.2 Å². The van der Waals surface area contributed by atoms with Crippen molar-refractivity contribution < 1.29 is 23.8 Å². The number of halogens is 1. The summed E-state index contributed by atoms with van der Waals surface area (Å²) in [6, 6.07) is 5.88. The number of nitrogens with zero attached hydrogens (tertiary/aromatic N) is 2. The number of nitrogens with two attached hydrogens (primary N) is 1. The molecular formula is C12H8FN3O4. The van der Waals surface area contributed by atoms with Gasteiger partial charge in [-0.15, -0.1) is 10.2 Å². The Labute approximate surface area is 111 Å². The molecule has 1 amide bonds. The Morgan fingerprint density at radius 1 is 1.20 bits per heavy atom. The lowest BCUT2D eigenvalue weighted by molar-refractivity contribution is 0.0691. The lowest BCUT2D eigenvalue weighted by atomic mass is 10.2. The number of hydrogen-bond acceptors (Lipinski definition) is 5. The molecule has 0 unspecified atom stereocenters. The number of hydrogen-bond donors (Lipinski definition) is 2. The molecule has 2 aromatic rings. The molecule has 0 saturated carbocycles. The molecule has 0 aliphatic carbocycles. The zero-order valence-electron chi connectivity index (χ0n) is 9.91. The minimum atomic E-state index is -1.38. The van der Waals surface area contributed by atoms with Gasteiger partial charge in [0.05, 0.1) is 5.56 Å². The molecule has 102 valence electrons. The maximum Gasteiger partial charge on any atom is 0.338 e. The van der Waals surface area contributed by atoms with Gasteiger partial charge < -0.3 is 15.6 Å². The number of ether oxygens (including phenoxy) is 1. The van der Waals surface area contributed by atoms with Gasteiger partial charge in [0.2, 0.25) is 5.88 Å². The Kier molecular flexibility index (Phi) is 3.56. The maximum atomic E-state index is 13.4. The number of aromatic nitrogens is 2. The van der Waals surface area contributed by atoms with E-state index in [1.54, 1.807) is 0 Å². The van der Waals surface area contributed by atoms with E-state index in [0.29, 0.717) is 0 Å². The summed E-state index contributed by atoms with van der Waals surface area (Å²) in [7, 11) is 0. The molecule has 0 spiro atoms. The highest BCUT2D eigenvalue weighted by Crippen LogP contribution is 2.21. The molecule has 0 radical (unpaired) electrons. The number of rotatable bonds is 4. The Morgan fingerprint density at radius 3 is 2.45 bits per heavy atom. The number of primary amides is 1.